The summed E-state index contributed by atoms with van der Waals surface area (Å²) in [6.07, 6.45) is 1.72. The van der Waals surface area contributed by atoms with Crippen molar-refractivity contribution in [1.82, 2.24) is 4.90 Å². The lowest BCUT2D eigenvalue weighted by molar-refractivity contribution is 0.0735. The third kappa shape index (κ3) is 6.34. The molecule has 0 spiro atoms. The van der Waals surface area contributed by atoms with Gasteiger partial charge in [-0.15, -0.1) is 0 Å². The lowest BCUT2D eigenvalue weighted by Crippen LogP contribution is -2.32. The predicted molar refractivity (Wildman–Crippen MR) is 122 cm³/mol. The first-order valence-corrected chi connectivity index (χ1v) is 10.5. The molecule has 0 aliphatic rings. The van der Waals surface area contributed by atoms with Crippen LogP contribution in [0.5, 0.6) is 5.75 Å². The van der Waals surface area contributed by atoms with Gasteiger partial charge in [0.25, 0.3) is 5.91 Å². The summed E-state index contributed by atoms with van der Waals surface area (Å²) < 4.78 is 6.00. The van der Waals surface area contributed by atoms with E-state index in [0.717, 1.165) is 24.0 Å². The molecule has 0 aliphatic carbocycles. The molecule has 30 heavy (non-hydrogen) atoms. The smallest absolute Gasteiger partial charge is 0.257 e. The average Bonchev–Trinajstić information content (AvgIpc) is 2.79. The van der Waals surface area contributed by atoms with Gasteiger partial charge in [0, 0.05) is 18.1 Å². The molecule has 0 aromatic heterocycles. The number of carbonyl (C=O) groups is 1. The number of amides is 1. The Hall–Kier alpha value is -2.82. The molecule has 0 saturated carbocycles. The van der Waals surface area contributed by atoms with E-state index in [-0.39, 0.29) is 5.91 Å². The van der Waals surface area contributed by atoms with Crippen LogP contribution >= 0.6 is 11.6 Å². The molecule has 1 amide bonds. The van der Waals surface area contributed by atoms with Gasteiger partial charge in [0.1, 0.15) is 12.4 Å². The third-order valence-electron chi connectivity index (χ3n) is 4.81. The van der Waals surface area contributed by atoms with Crippen molar-refractivity contribution in [3.8, 4) is 5.75 Å². The second-order valence-electron chi connectivity index (χ2n) is 7.12. The molecule has 4 nitrogen and oxygen atoms in total. The van der Waals surface area contributed by atoms with Crippen molar-refractivity contribution in [2.45, 2.75) is 26.0 Å². The Bertz CT molecular complexity index is 929. The quantitative estimate of drug-likeness (QED) is 0.451. The van der Waals surface area contributed by atoms with Crippen molar-refractivity contribution in [2.75, 3.05) is 13.1 Å². The van der Waals surface area contributed by atoms with Gasteiger partial charge in [0.05, 0.1) is 5.56 Å². The lowest BCUT2D eigenvalue weighted by Gasteiger charge is -2.24. The summed E-state index contributed by atoms with van der Waals surface area (Å²) in [4.78, 5) is 15.3. The van der Waals surface area contributed by atoms with Crippen molar-refractivity contribution < 1.29 is 9.53 Å². The molecule has 0 fully saturated rings. The van der Waals surface area contributed by atoms with Crippen LogP contribution in [-0.2, 0) is 13.2 Å². The Balaban J connectivity index is 1.77. The van der Waals surface area contributed by atoms with Crippen molar-refractivity contribution in [1.29, 1.82) is 0 Å². The molecule has 0 saturated heterocycles. The summed E-state index contributed by atoms with van der Waals surface area (Å²) in [5.41, 5.74) is 8.30. The topological polar surface area (TPSA) is 55.6 Å². The Morgan fingerprint density at radius 1 is 0.867 bits per heavy atom. The molecule has 5 heteroatoms. The van der Waals surface area contributed by atoms with E-state index < -0.39 is 0 Å². The second-order valence-corrected chi connectivity index (χ2v) is 7.56. The Kier molecular flexibility index (Phi) is 8.30. The minimum Gasteiger partial charge on any atom is -0.488 e. The van der Waals surface area contributed by atoms with Gasteiger partial charge in [0.2, 0.25) is 0 Å². The first-order valence-electron chi connectivity index (χ1n) is 10.2. The maximum Gasteiger partial charge on any atom is 0.257 e. The highest BCUT2D eigenvalue weighted by atomic mass is 35.5. The molecule has 0 radical (unpaired) electrons. The molecule has 3 aromatic rings. The van der Waals surface area contributed by atoms with E-state index >= 15 is 0 Å². The SMILES string of the molecule is NCCCCN(Cc1ccc(Cl)cc1)C(=O)c1ccccc1OCc1ccccc1. The van der Waals surface area contributed by atoms with E-state index in [1.165, 1.54) is 0 Å². The van der Waals surface area contributed by atoms with Crippen LogP contribution in [0, 0.1) is 0 Å². The number of rotatable bonds is 10. The summed E-state index contributed by atoms with van der Waals surface area (Å²) in [5.74, 6) is 0.539. The normalized spacial score (nSPS) is 10.6. The summed E-state index contributed by atoms with van der Waals surface area (Å²) in [6, 6.07) is 24.9. The summed E-state index contributed by atoms with van der Waals surface area (Å²) in [7, 11) is 0. The van der Waals surface area contributed by atoms with Gasteiger partial charge in [-0.3, -0.25) is 4.79 Å². The van der Waals surface area contributed by atoms with Gasteiger partial charge in [0.15, 0.2) is 0 Å². The number of halogens is 1. The Morgan fingerprint density at radius 3 is 2.30 bits per heavy atom. The summed E-state index contributed by atoms with van der Waals surface area (Å²) in [6.45, 7) is 2.16. The average molecular weight is 423 g/mol. The molecule has 2 N–H and O–H groups in total. The highest BCUT2D eigenvalue weighted by Gasteiger charge is 2.20. The van der Waals surface area contributed by atoms with E-state index in [1.54, 1.807) is 0 Å². The fourth-order valence-electron chi connectivity index (χ4n) is 3.18. The number of unbranched alkanes of at least 4 members (excludes halogenated alkanes) is 1. The van der Waals surface area contributed by atoms with Crippen molar-refractivity contribution >= 4 is 17.5 Å². The molecule has 0 bridgehead atoms. The van der Waals surface area contributed by atoms with Gasteiger partial charge < -0.3 is 15.4 Å². The van der Waals surface area contributed by atoms with E-state index in [1.807, 2.05) is 83.8 Å². The Labute approximate surface area is 183 Å². The molecule has 0 heterocycles. The van der Waals surface area contributed by atoms with E-state index in [0.29, 0.717) is 42.6 Å². The van der Waals surface area contributed by atoms with Crippen LogP contribution in [0.2, 0.25) is 5.02 Å². The number of carbonyl (C=O) groups excluding carboxylic acids is 1. The van der Waals surface area contributed by atoms with Gasteiger partial charge in [-0.2, -0.15) is 0 Å². The number of hydrogen-bond donors (Lipinski definition) is 1. The monoisotopic (exact) mass is 422 g/mol. The summed E-state index contributed by atoms with van der Waals surface area (Å²) in [5, 5.41) is 0.680. The van der Waals surface area contributed by atoms with Crippen molar-refractivity contribution in [3.63, 3.8) is 0 Å². The number of nitrogens with zero attached hydrogens (tertiary/aromatic N) is 1. The minimum absolute atomic E-state index is 0.0503. The van der Waals surface area contributed by atoms with Gasteiger partial charge in [-0.05, 0) is 54.8 Å². The van der Waals surface area contributed by atoms with Crippen LogP contribution in [0.4, 0.5) is 0 Å². The van der Waals surface area contributed by atoms with Gasteiger partial charge >= 0.3 is 0 Å². The zero-order valence-corrected chi connectivity index (χ0v) is 17.7. The number of para-hydroxylation sites is 1. The van der Waals surface area contributed by atoms with Crippen molar-refractivity contribution in [3.05, 3.63) is 101 Å². The molecule has 0 atom stereocenters. The first kappa shape index (κ1) is 21.9. The molecular weight excluding hydrogens is 396 g/mol. The fraction of sp³-hybridized carbons (Fsp3) is 0.240. The second kappa shape index (κ2) is 11.4. The van der Waals surface area contributed by atoms with Crippen LogP contribution in [0.3, 0.4) is 0 Å². The van der Waals surface area contributed by atoms with Crippen molar-refractivity contribution in [2.24, 2.45) is 5.73 Å². The van der Waals surface area contributed by atoms with Gasteiger partial charge in [-0.1, -0.05) is 66.2 Å². The minimum atomic E-state index is -0.0503. The third-order valence-corrected chi connectivity index (χ3v) is 5.06. The lowest BCUT2D eigenvalue weighted by atomic mass is 10.1. The fourth-order valence-corrected chi connectivity index (χ4v) is 3.31. The van der Waals surface area contributed by atoms with E-state index in [2.05, 4.69) is 0 Å². The maximum absolute atomic E-state index is 13.4. The predicted octanol–water partition coefficient (Wildman–Crippen LogP) is 5.30. The van der Waals surface area contributed by atoms with Gasteiger partial charge in [-0.25, -0.2) is 0 Å². The largest absolute Gasteiger partial charge is 0.488 e. The molecule has 0 unspecified atom stereocenters. The standard InChI is InChI=1S/C25H27ClN2O2/c26-22-14-12-20(13-15-22)18-28(17-7-6-16-27)25(29)23-10-4-5-11-24(23)30-19-21-8-2-1-3-9-21/h1-5,8-15H,6-7,16-19,27H2. The molecule has 3 rings (SSSR count). The van der Waals surface area contributed by atoms with Crippen LogP contribution in [0.25, 0.3) is 0 Å². The molecule has 156 valence electrons. The van der Waals surface area contributed by atoms with Crippen LogP contribution in [0.1, 0.15) is 34.3 Å². The van der Waals surface area contributed by atoms with Crippen LogP contribution in [0.15, 0.2) is 78.9 Å². The summed E-state index contributed by atoms with van der Waals surface area (Å²) >= 11 is 6.00. The van der Waals surface area contributed by atoms with E-state index in [4.69, 9.17) is 22.1 Å². The van der Waals surface area contributed by atoms with E-state index in [9.17, 15) is 4.79 Å². The Morgan fingerprint density at radius 2 is 1.57 bits per heavy atom. The number of nitrogens with two attached hydrogens (primary N) is 1. The zero-order chi connectivity index (χ0) is 21.2. The highest BCUT2D eigenvalue weighted by Crippen LogP contribution is 2.23. The highest BCUT2D eigenvalue weighted by molar-refractivity contribution is 6.30. The maximum atomic E-state index is 13.4. The van der Waals surface area contributed by atoms with Crippen LogP contribution < -0.4 is 10.5 Å². The molecular formula is C25H27ClN2O2. The number of ether oxygens (including phenoxy) is 1. The zero-order valence-electron chi connectivity index (χ0n) is 17.0. The molecule has 0 aliphatic heterocycles. The number of hydrogen-bond acceptors (Lipinski definition) is 3. The first-order chi connectivity index (χ1) is 14.7. The molecule has 3 aromatic carbocycles. The number of benzene rings is 3. The van der Waals surface area contributed by atoms with Crippen LogP contribution in [-0.4, -0.2) is 23.9 Å².